The maximum atomic E-state index is 12.1. The minimum atomic E-state index is 0.144. The fourth-order valence-corrected chi connectivity index (χ4v) is 2.58. The first kappa shape index (κ1) is 13.9. The zero-order valence-electron chi connectivity index (χ0n) is 12.4. The largest absolute Gasteiger partial charge is 0.309 e. The first-order valence-electron chi connectivity index (χ1n) is 7.35. The predicted molar refractivity (Wildman–Crippen MR) is 81.9 cm³/mol. The van der Waals surface area contributed by atoms with Crippen LogP contribution in [0, 0.1) is 6.92 Å². The van der Waals surface area contributed by atoms with Crippen LogP contribution < -0.4 is 5.56 Å². The summed E-state index contributed by atoms with van der Waals surface area (Å²) in [6.45, 7) is 8.87. The zero-order chi connectivity index (χ0) is 14.0. The van der Waals surface area contributed by atoms with Gasteiger partial charge in [0.15, 0.2) is 0 Å². The van der Waals surface area contributed by atoms with Crippen molar-refractivity contribution in [3.63, 3.8) is 0 Å². The standard InChI is InChI=1S/C15H17NO.C2H6/c1-3-16-14-7-4-10(2)8-13(14)12(9-15(16)17)11-5-6-11;1-2/h4,7-9,11H,3,5-6H2,1-2H3;1-2H3. The van der Waals surface area contributed by atoms with Gasteiger partial charge in [0.2, 0.25) is 0 Å². The van der Waals surface area contributed by atoms with Gasteiger partial charge in [-0.05, 0) is 50.3 Å². The molecule has 19 heavy (non-hydrogen) atoms. The molecule has 1 aromatic heterocycles. The summed E-state index contributed by atoms with van der Waals surface area (Å²) in [7, 11) is 0. The summed E-state index contributed by atoms with van der Waals surface area (Å²) in [5, 5.41) is 1.27. The normalized spacial score (nSPS) is 14.1. The second kappa shape index (κ2) is 5.60. The van der Waals surface area contributed by atoms with E-state index < -0.39 is 0 Å². The van der Waals surface area contributed by atoms with Gasteiger partial charge in [0, 0.05) is 18.0 Å². The van der Waals surface area contributed by atoms with Crippen molar-refractivity contribution in [3.8, 4) is 0 Å². The van der Waals surface area contributed by atoms with Gasteiger partial charge in [-0.15, -0.1) is 0 Å². The number of nitrogens with zero attached hydrogens (tertiary/aromatic N) is 1. The summed E-state index contributed by atoms with van der Waals surface area (Å²) in [6, 6.07) is 8.24. The minimum absolute atomic E-state index is 0.144. The van der Waals surface area contributed by atoms with E-state index >= 15 is 0 Å². The monoisotopic (exact) mass is 257 g/mol. The van der Waals surface area contributed by atoms with E-state index in [0.717, 1.165) is 12.1 Å². The fourth-order valence-electron chi connectivity index (χ4n) is 2.58. The van der Waals surface area contributed by atoms with Crippen molar-refractivity contribution in [1.82, 2.24) is 4.57 Å². The van der Waals surface area contributed by atoms with Crippen LogP contribution in [0.25, 0.3) is 10.9 Å². The summed E-state index contributed by atoms with van der Waals surface area (Å²) < 4.78 is 1.86. The second-order valence-electron chi connectivity index (χ2n) is 4.98. The van der Waals surface area contributed by atoms with Crippen LogP contribution >= 0.6 is 0 Å². The first-order valence-corrected chi connectivity index (χ1v) is 7.35. The molecule has 2 heteroatoms. The van der Waals surface area contributed by atoms with Crippen LogP contribution in [0.15, 0.2) is 29.1 Å². The number of pyridine rings is 1. The lowest BCUT2D eigenvalue weighted by Gasteiger charge is -2.12. The molecule has 3 rings (SSSR count). The summed E-state index contributed by atoms with van der Waals surface area (Å²) in [5.74, 6) is 0.624. The molecule has 0 atom stereocenters. The number of hydrogen-bond acceptors (Lipinski definition) is 1. The molecule has 1 aromatic carbocycles. The lowest BCUT2D eigenvalue weighted by molar-refractivity contribution is 0.757. The lowest BCUT2D eigenvalue weighted by Crippen LogP contribution is -2.19. The Morgan fingerprint density at radius 1 is 1.21 bits per heavy atom. The van der Waals surface area contributed by atoms with Crippen LogP contribution in [-0.2, 0) is 6.54 Å². The number of fused-ring (bicyclic) bond motifs is 1. The Balaban J connectivity index is 0.000000637. The third-order valence-corrected chi connectivity index (χ3v) is 3.63. The molecule has 0 radical (unpaired) electrons. The van der Waals surface area contributed by atoms with E-state index in [2.05, 4.69) is 25.1 Å². The average Bonchev–Trinajstić information content (AvgIpc) is 3.25. The molecule has 2 aromatic rings. The van der Waals surface area contributed by atoms with E-state index in [1.165, 1.54) is 29.4 Å². The average molecular weight is 257 g/mol. The van der Waals surface area contributed by atoms with Crippen LogP contribution in [0.4, 0.5) is 0 Å². The summed E-state index contributed by atoms with van der Waals surface area (Å²) >= 11 is 0. The molecule has 0 N–H and O–H groups in total. The summed E-state index contributed by atoms with van der Waals surface area (Å²) in [6.07, 6.45) is 2.47. The van der Waals surface area contributed by atoms with E-state index in [-0.39, 0.29) is 5.56 Å². The maximum absolute atomic E-state index is 12.1. The Hall–Kier alpha value is -1.57. The van der Waals surface area contributed by atoms with Crippen molar-refractivity contribution in [2.24, 2.45) is 0 Å². The quantitative estimate of drug-likeness (QED) is 0.789. The Morgan fingerprint density at radius 2 is 1.89 bits per heavy atom. The van der Waals surface area contributed by atoms with Gasteiger partial charge in [-0.25, -0.2) is 0 Å². The summed E-state index contributed by atoms with van der Waals surface area (Å²) in [4.78, 5) is 12.1. The Bertz CT molecular complexity index is 635. The van der Waals surface area contributed by atoms with Gasteiger partial charge < -0.3 is 4.57 Å². The molecule has 1 aliphatic rings. The van der Waals surface area contributed by atoms with Crippen molar-refractivity contribution in [2.75, 3.05) is 0 Å². The lowest BCUT2D eigenvalue weighted by atomic mass is 10.0. The van der Waals surface area contributed by atoms with E-state index in [1.54, 1.807) is 0 Å². The molecule has 102 valence electrons. The van der Waals surface area contributed by atoms with Crippen LogP contribution in [0.3, 0.4) is 0 Å². The number of aryl methyl sites for hydroxylation is 2. The highest BCUT2D eigenvalue weighted by atomic mass is 16.1. The zero-order valence-corrected chi connectivity index (χ0v) is 12.4. The van der Waals surface area contributed by atoms with E-state index in [1.807, 2.05) is 31.4 Å². The van der Waals surface area contributed by atoms with Crippen molar-refractivity contribution in [2.45, 2.75) is 53.0 Å². The number of aromatic nitrogens is 1. The van der Waals surface area contributed by atoms with E-state index in [4.69, 9.17) is 0 Å². The van der Waals surface area contributed by atoms with Gasteiger partial charge in [0.25, 0.3) is 5.56 Å². The van der Waals surface area contributed by atoms with Crippen LogP contribution in [-0.4, -0.2) is 4.57 Å². The van der Waals surface area contributed by atoms with Crippen LogP contribution in [0.2, 0.25) is 0 Å². The molecule has 2 nitrogen and oxygen atoms in total. The molecule has 0 aliphatic heterocycles. The van der Waals surface area contributed by atoms with Crippen LogP contribution in [0.1, 0.15) is 50.7 Å². The maximum Gasteiger partial charge on any atom is 0.251 e. The van der Waals surface area contributed by atoms with Gasteiger partial charge in [0.05, 0.1) is 5.52 Å². The highest BCUT2D eigenvalue weighted by Gasteiger charge is 2.26. The van der Waals surface area contributed by atoms with Gasteiger partial charge in [0.1, 0.15) is 0 Å². The third-order valence-electron chi connectivity index (χ3n) is 3.63. The fraction of sp³-hybridized carbons (Fsp3) is 0.471. The number of rotatable bonds is 2. The van der Waals surface area contributed by atoms with Crippen molar-refractivity contribution >= 4 is 10.9 Å². The van der Waals surface area contributed by atoms with Crippen LogP contribution in [0.5, 0.6) is 0 Å². The number of benzene rings is 1. The molecule has 0 unspecified atom stereocenters. The summed E-state index contributed by atoms with van der Waals surface area (Å²) in [5.41, 5.74) is 3.76. The third kappa shape index (κ3) is 2.58. The molecule has 0 bridgehead atoms. The second-order valence-corrected chi connectivity index (χ2v) is 4.98. The van der Waals surface area contributed by atoms with Crippen molar-refractivity contribution in [3.05, 3.63) is 45.7 Å². The molecule has 1 fully saturated rings. The van der Waals surface area contributed by atoms with Crippen molar-refractivity contribution < 1.29 is 0 Å². The Morgan fingerprint density at radius 3 is 2.47 bits per heavy atom. The number of hydrogen-bond donors (Lipinski definition) is 0. The molecular formula is C17H23NO. The van der Waals surface area contributed by atoms with Gasteiger partial charge in [-0.2, -0.15) is 0 Å². The molecule has 1 aliphatic carbocycles. The van der Waals surface area contributed by atoms with Crippen molar-refractivity contribution in [1.29, 1.82) is 0 Å². The highest BCUT2D eigenvalue weighted by Crippen LogP contribution is 2.42. The topological polar surface area (TPSA) is 22.0 Å². The molecule has 1 saturated carbocycles. The molecule has 0 amide bonds. The van der Waals surface area contributed by atoms with Gasteiger partial charge in [-0.3, -0.25) is 4.79 Å². The minimum Gasteiger partial charge on any atom is -0.309 e. The molecule has 0 spiro atoms. The smallest absolute Gasteiger partial charge is 0.251 e. The first-order chi connectivity index (χ1) is 9.20. The van der Waals surface area contributed by atoms with E-state index in [9.17, 15) is 4.79 Å². The van der Waals surface area contributed by atoms with E-state index in [0.29, 0.717) is 5.92 Å². The van der Waals surface area contributed by atoms with Gasteiger partial charge in [-0.1, -0.05) is 25.5 Å². The Labute approximate surface area is 115 Å². The predicted octanol–water partition coefficient (Wildman–Crippen LogP) is 4.23. The SMILES string of the molecule is CC.CCn1c(=O)cc(C2CC2)c2cc(C)ccc21. The highest BCUT2D eigenvalue weighted by molar-refractivity contribution is 5.84. The Kier molecular flexibility index (Phi) is 4.08. The molecular weight excluding hydrogens is 234 g/mol. The molecule has 1 heterocycles. The van der Waals surface area contributed by atoms with Gasteiger partial charge >= 0.3 is 0 Å². The molecule has 0 saturated heterocycles.